The van der Waals surface area contributed by atoms with Crippen LogP contribution in [0.1, 0.15) is 49.9 Å². The third-order valence-corrected chi connectivity index (χ3v) is 4.87. The van der Waals surface area contributed by atoms with Crippen molar-refractivity contribution in [3.05, 3.63) is 29.8 Å². The molecule has 1 aliphatic rings. The van der Waals surface area contributed by atoms with Gasteiger partial charge in [0.2, 0.25) is 0 Å². The fraction of sp³-hybridized carbons (Fsp3) is 0.524. The Balaban J connectivity index is 1.69. The third kappa shape index (κ3) is 7.38. The van der Waals surface area contributed by atoms with Gasteiger partial charge in [-0.3, -0.25) is 19.7 Å². The Labute approximate surface area is 175 Å². The van der Waals surface area contributed by atoms with E-state index in [1.54, 1.807) is 31.2 Å². The van der Waals surface area contributed by atoms with Crippen molar-refractivity contribution < 1.29 is 28.7 Å². The Morgan fingerprint density at radius 2 is 1.83 bits per heavy atom. The number of carbonyl (C=O) groups is 4. The number of ether oxygens (including phenoxy) is 2. The van der Waals surface area contributed by atoms with Crippen molar-refractivity contribution in [3.8, 4) is 5.75 Å². The molecule has 4 amide bonds. The predicted molar refractivity (Wildman–Crippen MR) is 109 cm³/mol. The van der Waals surface area contributed by atoms with Gasteiger partial charge in [-0.15, -0.1) is 0 Å². The van der Waals surface area contributed by atoms with Crippen LogP contribution in [0.25, 0.3) is 0 Å². The van der Waals surface area contributed by atoms with E-state index in [9.17, 15) is 19.2 Å². The smallest absolute Gasteiger partial charge is 0.325 e. The second-order valence-electron chi connectivity index (χ2n) is 7.16. The summed E-state index contributed by atoms with van der Waals surface area (Å²) in [5.74, 6) is -1.27. The van der Waals surface area contributed by atoms with Crippen molar-refractivity contribution in [2.45, 2.75) is 45.6 Å². The lowest BCUT2D eigenvalue weighted by molar-refractivity contribution is -0.147. The van der Waals surface area contributed by atoms with Crippen LogP contribution in [0.15, 0.2) is 24.3 Å². The minimum atomic E-state index is -0.797. The summed E-state index contributed by atoms with van der Waals surface area (Å²) in [7, 11) is 0. The maximum atomic E-state index is 12.2. The number of esters is 1. The van der Waals surface area contributed by atoms with Gasteiger partial charge in [0, 0.05) is 6.04 Å². The SMILES string of the molecule is CCOc1ccccc1C(=O)NCC(=O)OCC(=O)NC(=O)N[C@H]1CCCC[C@H]1C. The number of carbonyl (C=O) groups excluding carboxylic acids is 4. The van der Waals surface area contributed by atoms with Gasteiger partial charge < -0.3 is 20.1 Å². The second-order valence-corrected chi connectivity index (χ2v) is 7.16. The zero-order valence-electron chi connectivity index (χ0n) is 17.4. The summed E-state index contributed by atoms with van der Waals surface area (Å²) >= 11 is 0. The average Bonchev–Trinajstić information content (AvgIpc) is 2.72. The highest BCUT2D eigenvalue weighted by Crippen LogP contribution is 2.23. The molecule has 1 fully saturated rings. The van der Waals surface area contributed by atoms with E-state index in [0.717, 1.165) is 25.7 Å². The van der Waals surface area contributed by atoms with E-state index in [4.69, 9.17) is 9.47 Å². The number of rotatable bonds is 8. The molecule has 0 spiro atoms. The molecule has 0 heterocycles. The number of imide groups is 1. The first-order valence-corrected chi connectivity index (χ1v) is 10.2. The van der Waals surface area contributed by atoms with E-state index in [1.165, 1.54) is 0 Å². The zero-order chi connectivity index (χ0) is 21.9. The normalized spacial score (nSPS) is 18.1. The van der Waals surface area contributed by atoms with Crippen LogP contribution in [0, 0.1) is 5.92 Å². The standard InChI is InChI=1S/C21H29N3O6/c1-3-29-17-11-7-5-9-15(17)20(27)22-12-19(26)30-13-18(25)24-21(28)23-16-10-6-4-8-14(16)2/h5,7,9,11,14,16H,3-4,6,8,10,12-13H2,1-2H3,(H,22,27)(H2,23,24,25,28)/t14-,16+/m1/s1. The number of nitrogens with one attached hydrogen (secondary N) is 3. The van der Waals surface area contributed by atoms with Crippen molar-refractivity contribution >= 4 is 23.8 Å². The first-order valence-electron chi connectivity index (χ1n) is 10.2. The summed E-state index contributed by atoms with van der Waals surface area (Å²) in [6.07, 6.45) is 4.10. The number of amides is 4. The first kappa shape index (κ1) is 23.2. The summed E-state index contributed by atoms with van der Waals surface area (Å²) in [4.78, 5) is 47.7. The third-order valence-electron chi connectivity index (χ3n) is 4.87. The molecule has 1 saturated carbocycles. The minimum absolute atomic E-state index is 0.0314. The molecule has 30 heavy (non-hydrogen) atoms. The van der Waals surface area contributed by atoms with Gasteiger partial charge >= 0.3 is 12.0 Å². The number of urea groups is 1. The highest BCUT2D eigenvalue weighted by atomic mass is 16.5. The van der Waals surface area contributed by atoms with Crippen molar-refractivity contribution in [3.63, 3.8) is 0 Å². The van der Waals surface area contributed by atoms with Gasteiger partial charge in [0.25, 0.3) is 11.8 Å². The van der Waals surface area contributed by atoms with Gasteiger partial charge in [0.1, 0.15) is 12.3 Å². The second kappa shape index (κ2) is 11.8. The van der Waals surface area contributed by atoms with Crippen LogP contribution < -0.4 is 20.7 Å². The molecule has 0 bridgehead atoms. The van der Waals surface area contributed by atoms with Crippen LogP contribution in [-0.4, -0.2) is 49.6 Å². The number of para-hydroxylation sites is 1. The van der Waals surface area contributed by atoms with E-state index in [-0.39, 0.29) is 6.04 Å². The minimum Gasteiger partial charge on any atom is -0.493 e. The maximum absolute atomic E-state index is 12.2. The first-order chi connectivity index (χ1) is 14.4. The predicted octanol–water partition coefficient (Wildman–Crippen LogP) is 1.76. The van der Waals surface area contributed by atoms with E-state index >= 15 is 0 Å². The largest absolute Gasteiger partial charge is 0.493 e. The van der Waals surface area contributed by atoms with Crippen molar-refractivity contribution in [2.24, 2.45) is 5.92 Å². The molecule has 0 unspecified atom stereocenters. The lowest BCUT2D eigenvalue weighted by Gasteiger charge is -2.29. The van der Waals surface area contributed by atoms with Crippen LogP contribution in [0.4, 0.5) is 4.79 Å². The molecule has 164 valence electrons. The van der Waals surface area contributed by atoms with Gasteiger partial charge in [0.15, 0.2) is 6.61 Å². The van der Waals surface area contributed by atoms with E-state index in [0.29, 0.717) is 23.8 Å². The van der Waals surface area contributed by atoms with Gasteiger partial charge in [-0.05, 0) is 37.8 Å². The quantitative estimate of drug-likeness (QED) is 0.552. The van der Waals surface area contributed by atoms with E-state index in [1.807, 2.05) is 0 Å². The molecule has 0 aromatic heterocycles. The van der Waals surface area contributed by atoms with Crippen LogP contribution in [0.3, 0.4) is 0 Å². The lowest BCUT2D eigenvalue weighted by atomic mass is 9.86. The zero-order valence-corrected chi connectivity index (χ0v) is 17.4. The van der Waals surface area contributed by atoms with Gasteiger partial charge in [-0.25, -0.2) is 4.79 Å². The Kier molecular flexibility index (Phi) is 9.11. The average molecular weight is 419 g/mol. The summed E-state index contributed by atoms with van der Waals surface area (Å²) in [6.45, 7) is 3.23. The van der Waals surface area contributed by atoms with Crippen LogP contribution in [0.2, 0.25) is 0 Å². The molecule has 2 atom stereocenters. The molecule has 9 nitrogen and oxygen atoms in total. The molecular weight excluding hydrogens is 390 g/mol. The Morgan fingerprint density at radius 1 is 1.10 bits per heavy atom. The summed E-state index contributed by atoms with van der Waals surface area (Å²) in [5, 5.41) is 7.34. The molecule has 2 rings (SSSR count). The monoisotopic (exact) mass is 419 g/mol. The highest BCUT2D eigenvalue weighted by molar-refractivity contribution is 5.99. The van der Waals surface area contributed by atoms with Gasteiger partial charge in [0.05, 0.1) is 12.2 Å². The Bertz CT molecular complexity index is 767. The Hall–Kier alpha value is -3.10. The van der Waals surface area contributed by atoms with Crippen LogP contribution in [-0.2, 0) is 14.3 Å². The van der Waals surface area contributed by atoms with E-state index < -0.39 is 37.0 Å². The molecule has 1 aliphatic carbocycles. The van der Waals surface area contributed by atoms with Crippen molar-refractivity contribution in [1.82, 2.24) is 16.0 Å². The highest BCUT2D eigenvalue weighted by Gasteiger charge is 2.23. The molecule has 9 heteroatoms. The van der Waals surface area contributed by atoms with E-state index in [2.05, 4.69) is 22.9 Å². The lowest BCUT2D eigenvalue weighted by Crippen LogP contribution is -2.48. The molecule has 3 N–H and O–H groups in total. The fourth-order valence-electron chi connectivity index (χ4n) is 3.28. The fourth-order valence-corrected chi connectivity index (χ4v) is 3.28. The molecule has 1 aromatic carbocycles. The molecule has 0 radical (unpaired) electrons. The van der Waals surface area contributed by atoms with Crippen LogP contribution in [0.5, 0.6) is 5.75 Å². The summed E-state index contributed by atoms with van der Waals surface area (Å²) in [5.41, 5.74) is 0.290. The summed E-state index contributed by atoms with van der Waals surface area (Å²) < 4.78 is 10.2. The van der Waals surface area contributed by atoms with Gasteiger partial charge in [-0.2, -0.15) is 0 Å². The maximum Gasteiger partial charge on any atom is 0.325 e. The Morgan fingerprint density at radius 3 is 2.57 bits per heavy atom. The molecule has 1 aromatic rings. The van der Waals surface area contributed by atoms with Crippen LogP contribution >= 0.6 is 0 Å². The number of benzene rings is 1. The number of hydrogen-bond acceptors (Lipinski definition) is 6. The molecular formula is C21H29N3O6. The van der Waals surface area contributed by atoms with Crippen molar-refractivity contribution in [1.29, 1.82) is 0 Å². The molecule has 0 saturated heterocycles. The number of hydrogen-bond donors (Lipinski definition) is 3. The summed E-state index contributed by atoms with van der Waals surface area (Å²) in [6, 6.07) is 6.07. The topological polar surface area (TPSA) is 123 Å². The molecule has 0 aliphatic heterocycles. The van der Waals surface area contributed by atoms with Gasteiger partial charge in [-0.1, -0.05) is 31.9 Å². The van der Waals surface area contributed by atoms with Crippen molar-refractivity contribution in [2.75, 3.05) is 19.8 Å².